The molecule has 1 atom stereocenters. The van der Waals surface area contributed by atoms with Gasteiger partial charge in [0.15, 0.2) is 0 Å². The van der Waals surface area contributed by atoms with Crippen LogP contribution in [0.1, 0.15) is 110 Å². The van der Waals surface area contributed by atoms with Gasteiger partial charge in [0.1, 0.15) is 0 Å². The van der Waals surface area contributed by atoms with E-state index >= 15 is 0 Å². The Balaban J connectivity index is 1.86. The van der Waals surface area contributed by atoms with Crippen LogP contribution in [-0.4, -0.2) is 29.3 Å². The van der Waals surface area contributed by atoms with Gasteiger partial charge in [0, 0.05) is 12.8 Å². The number of ether oxygens (including phenoxy) is 1. The molecule has 0 bridgehead atoms. The predicted octanol–water partition coefficient (Wildman–Crippen LogP) is 4.61. The number of carbonyl (C=O) groups excluding carboxylic acids is 2. The van der Waals surface area contributed by atoms with Gasteiger partial charge in [-0.05, 0) is 19.4 Å². The Morgan fingerprint density at radius 1 is 0.885 bits per heavy atom. The highest BCUT2D eigenvalue weighted by Crippen LogP contribution is 2.18. The Kier molecular flexibility index (Phi) is 12.6. The quantitative estimate of drug-likeness (QED) is 0.250. The molecule has 2 N–H and O–H groups in total. The summed E-state index contributed by atoms with van der Waals surface area (Å²) in [7, 11) is 0. The smallest absolute Gasteiger partial charge is 0.361 e. The molecule has 1 aliphatic heterocycles. The number of esters is 2. The molecule has 0 amide bonds. The Labute approximate surface area is 159 Å². The average molecular weight is 370 g/mol. The van der Waals surface area contributed by atoms with Gasteiger partial charge in [-0.3, -0.25) is 10.1 Å². The van der Waals surface area contributed by atoms with E-state index in [2.05, 4.69) is 12.2 Å². The lowest BCUT2D eigenvalue weighted by Gasteiger charge is -2.19. The highest BCUT2D eigenvalue weighted by atomic mass is 16.6. The molecule has 0 spiro atoms. The molecule has 0 aromatic carbocycles. The van der Waals surface area contributed by atoms with Crippen molar-refractivity contribution in [1.82, 2.24) is 5.32 Å². The third kappa shape index (κ3) is 10.3. The SMILES string of the molecule is CCCCCCCCCCCCCCCC(=O)OC(=O)[C@]1(O)CCCN1. The molecule has 0 unspecified atom stereocenters. The van der Waals surface area contributed by atoms with Crippen LogP contribution in [0.4, 0.5) is 0 Å². The molecule has 1 rings (SSSR count). The number of carbonyl (C=O) groups is 2. The van der Waals surface area contributed by atoms with E-state index in [0.717, 1.165) is 19.3 Å². The van der Waals surface area contributed by atoms with Crippen molar-refractivity contribution in [3.63, 3.8) is 0 Å². The number of rotatable bonds is 15. The van der Waals surface area contributed by atoms with Crippen LogP contribution in [0.25, 0.3) is 0 Å². The summed E-state index contributed by atoms with van der Waals surface area (Å²) < 4.78 is 4.75. The maximum Gasteiger partial charge on any atom is 0.361 e. The molecular weight excluding hydrogens is 330 g/mol. The fraction of sp³-hybridized carbons (Fsp3) is 0.905. The summed E-state index contributed by atoms with van der Waals surface area (Å²) in [5.74, 6) is -1.38. The van der Waals surface area contributed by atoms with Crippen LogP contribution >= 0.6 is 0 Å². The van der Waals surface area contributed by atoms with Crippen molar-refractivity contribution < 1.29 is 19.4 Å². The Bertz CT molecular complexity index is 391. The molecule has 0 aromatic rings. The first-order valence-corrected chi connectivity index (χ1v) is 10.8. The third-order valence-corrected chi connectivity index (χ3v) is 5.16. The minimum atomic E-state index is -1.66. The molecule has 1 aliphatic rings. The van der Waals surface area contributed by atoms with Gasteiger partial charge in [-0.1, -0.05) is 84.0 Å². The lowest BCUT2D eigenvalue weighted by molar-refractivity contribution is -0.175. The van der Waals surface area contributed by atoms with Crippen molar-refractivity contribution in [3.05, 3.63) is 0 Å². The summed E-state index contributed by atoms with van der Waals surface area (Å²) in [4.78, 5) is 23.4. The van der Waals surface area contributed by atoms with E-state index in [9.17, 15) is 14.7 Å². The largest absolute Gasteiger partial charge is 0.390 e. The van der Waals surface area contributed by atoms with Crippen LogP contribution in [0, 0.1) is 0 Å². The van der Waals surface area contributed by atoms with Crippen molar-refractivity contribution in [2.75, 3.05) is 6.54 Å². The van der Waals surface area contributed by atoms with Gasteiger partial charge < -0.3 is 9.84 Å². The Morgan fingerprint density at radius 2 is 1.38 bits per heavy atom. The van der Waals surface area contributed by atoms with E-state index in [0.29, 0.717) is 19.4 Å². The summed E-state index contributed by atoms with van der Waals surface area (Å²) in [6.45, 7) is 2.82. The number of nitrogens with one attached hydrogen (secondary N) is 1. The summed E-state index contributed by atoms with van der Waals surface area (Å²) >= 11 is 0. The molecular formula is C21H39NO4. The molecule has 0 radical (unpaired) electrons. The molecule has 152 valence electrons. The number of unbranched alkanes of at least 4 members (excludes halogenated alkanes) is 12. The van der Waals surface area contributed by atoms with Gasteiger partial charge in [0.25, 0.3) is 0 Å². The maximum atomic E-state index is 11.8. The zero-order chi connectivity index (χ0) is 19.1. The lowest BCUT2D eigenvalue weighted by atomic mass is 10.0. The molecule has 0 aromatic heterocycles. The first-order valence-electron chi connectivity index (χ1n) is 10.8. The molecule has 1 saturated heterocycles. The zero-order valence-electron chi connectivity index (χ0n) is 16.7. The summed E-state index contributed by atoms with van der Waals surface area (Å²) in [6, 6.07) is 0. The van der Waals surface area contributed by atoms with E-state index in [1.165, 1.54) is 64.2 Å². The van der Waals surface area contributed by atoms with Crippen LogP contribution in [0.3, 0.4) is 0 Å². The fourth-order valence-electron chi connectivity index (χ4n) is 3.43. The van der Waals surface area contributed by atoms with E-state index in [4.69, 9.17) is 4.74 Å². The third-order valence-electron chi connectivity index (χ3n) is 5.16. The predicted molar refractivity (Wildman–Crippen MR) is 104 cm³/mol. The summed E-state index contributed by atoms with van der Waals surface area (Å²) in [5, 5.41) is 12.6. The van der Waals surface area contributed by atoms with Crippen molar-refractivity contribution in [1.29, 1.82) is 0 Å². The Hall–Kier alpha value is -0.940. The normalized spacial score (nSPS) is 19.6. The minimum absolute atomic E-state index is 0.250. The highest BCUT2D eigenvalue weighted by Gasteiger charge is 2.41. The van der Waals surface area contributed by atoms with Gasteiger partial charge in [0.2, 0.25) is 5.72 Å². The van der Waals surface area contributed by atoms with E-state index in [-0.39, 0.29) is 6.42 Å². The van der Waals surface area contributed by atoms with E-state index in [1.807, 2.05) is 0 Å². The van der Waals surface area contributed by atoms with Gasteiger partial charge in [0.05, 0.1) is 0 Å². The van der Waals surface area contributed by atoms with E-state index in [1.54, 1.807) is 0 Å². The topological polar surface area (TPSA) is 75.6 Å². The summed E-state index contributed by atoms with van der Waals surface area (Å²) in [5.41, 5.74) is -1.66. The van der Waals surface area contributed by atoms with Crippen molar-refractivity contribution in [3.8, 4) is 0 Å². The zero-order valence-corrected chi connectivity index (χ0v) is 16.7. The Morgan fingerprint density at radius 3 is 1.85 bits per heavy atom. The first-order chi connectivity index (χ1) is 12.6. The maximum absolute atomic E-state index is 11.8. The van der Waals surface area contributed by atoms with Crippen molar-refractivity contribution in [2.45, 2.75) is 115 Å². The first kappa shape index (κ1) is 23.1. The van der Waals surface area contributed by atoms with Crippen LogP contribution in [-0.2, 0) is 14.3 Å². The standard InChI is InChI=1S/C21H39NO4/c1-2-3-4-5-6-7-8-9-10-11-12-13-14-16-19(23)26-20(24)21(25)17-15-18-22-21/h22,25H,2-18H2,1H3/t21-/m1/s1. The minimum Gasteiger partial charge on any atom is -0.390 e. The summed E-state index contributed by atoms with van der Waals surface area (Å²) in [6.07, 6.45) is 17.5. The second-order valence-electron chi connectivity index (χ2n) is 7.64. The van der Waals surface area contributed by atoms with Crippen LogP contribution in [0.2, 0.25) is 0 Å². The van der Waals surface area contributed by atoms with Gasteiger partial charge in [-0.2, -0.15) is 0 Å². The fourth-order valence-corrected chi connectivity index (χ4v) is 3.43. The van der Waals surface area contributed by atoms with Gasteiger partial charge >= 0.3 is 11.9 Å². The monoisotopic (exact) mass is 369 g/mol. The molecule has 1 heterocycles. The molecule has 0 aliphatic carbocycles. The molecule has 0 saturated carbocycles. The number of hydrogen-bond donors (Lipinski definition) is 2. The molecule has 5 heteroatoms. The highest BCUT2D eigenvalue weighted by molar-refractivity contribution is 5.90. The van der Waals surface area contributed by atoms with Crippen molar-refractivity contribution in [2.24, 2.45) is 0 Å². The van der Waals surface area contributed by atoms with Crippen LogP contribution < -0.4 is 5.32 Å². The van der Waals surface area contributed by atoms with Gasteiger partial charge in [-0.15, -0.1) is 0 Å². The van der Waals surface area contributed by atoms with E-state index < -0.39 is 17.7 Å². The lowest BCUT2D eigenvalue weighted by Crippen LogP contribution is -2.49. The van der Waals surface area contributed by atoms with Crippen molar-refractivity contribution >= 4 is 11.9 Å². The second kappa shape index (κ2) is 14.2. The van der Waals surface area contributed by atoms with Crippen LogP contribution in [0.15, 0.2) is 0 Å². The second-order valence-corrected chi connectivity index (χ2v) is 7.64. The van der Waals surface area contributed by atoms with Crippen LogP contribution in [0.5, 0.6) is 0 Å². The number of hydrogen-bond acceptors (Lipinski definition) is 5. The number of aliphatic hydroxyl groups is 1. The van der Waals surface area contributed by atoms with Gasteiger partial charge in [-0.25, -0.2) is 4.79 Å². The molecule has 26 heavy (non-hydrogen) atoms. The average Bonchev–Trinajstić information content (AvgIpc) is 3.07. The molecule has 1 fully saturated rings. The molecule has 5 nitrogen and oxygen atoms in total.